The van der Waals surface area contributed by atoms with Crippen molar-refractivity contribution >= 4 is 22.8 Å². The van der Waals surface area contributed by atoms with Gasteiger partial charge in [-0.2, -0.15) is 0 Å². The number of aromatic nitrogens is 2. The molecule has 1 saturated heterocycles. The van der Waals surface area contributed by atoms with E-state index in [1.54, 1.807) is 7.11 Å². The fraction of sp³-hybridized carbons (Fsp3) is 0.550. The van der Waals surface area contributed by atoms with Crippen LogP contribution in [-0.4, -0.2) is 42.6 Å². The fourth-order valence-corrected chi connectivity index (χ4v) is 3.43. The van der Waals surface area contributed by atoms with Gasteiger partial charge in [0.05, 0.1) is 24.2 Å². The van der Waals surface area contributed by atoms with Crippen LogP contribution < -0.4 is 15.0 Å². The van der Waals surface area contributed by atoms with Gasteiger partial charge in [0.15, 0.2) is 0 Å². The van der Waals surface area contributed by atoms with Crippen molar-refractivity contribution in [2.24, 2.45) is 5.92 Å². The van der Waals surface area contributed by atoms with Gasteiger partial charge < -0.3 is 15.0 Å². The summed E-state index contributed by atoms with van der Waals surface area (Å²) >= 11 is 0. The van der Waals surface area contributed by atoms with Crippen molar-refractivity contribution in [3.8, 4) is 5.75 Å². The predicted molar refractivity (Wildman–Crippen MR) is 104 cm³/mol. The van der Waals surface area contributed by atoms with E-state index < -0.39 is 0 Å². The minimum absolute atomic E-state index is 0.00511. The number of rotatable bonds is 6. The summed E-state index contributed by atoms with van der Waals surface area (Å²) in [6.45, 7) is 6.44. The molecule has 1 aliphatic rings. The molecule has 140 valence electrons. The average Bonchev–Trinajstić information content (AvgIpc) is 2.67. The van der Waals surface area contributed by atoms with Crippen LogP contribution in [0.5, 0.6) is 5.75 Å². The molecule has 1 amide bonds. The molecule has 0 bridgehead atoms. The number of nitrogens with one attached hydrogen (secondary N) is 1. The topological polar surface area (TPSA) is 67.4 Å². The lowest BCUT2D eigenvalue weighted by atomic mass is 9.97. The Bertz CT molecular complexity index is 778. The van der Waals surface area contributed by atoms with E-state index in [0.29, 0.717) is 12.5 Å². The number of amides is 1. The largest absolute Gasteiger partial charge is 0.497 e. The minimum atomic E-state index is 0.00511. The van der Waals surface area contributed by atoms with Crippen molar-refractivity contribution < 1.29 is 9.53 Å². The zero-order chi connectivity index (χ0) is 18.5. The van der Waals surface area contributed by atoms with Crippen molar-refractivity contribution in [3.63, 3.8) is 0 Å². The monoisotopic (exact) mass is 356 g/mol. The van der Waals surface area contributed by atoms with Gasteiger partial charge in [0.2, 0.25) is 11.9 Å². The molecule has 1 aromatic carbocycles. The summed E-state index contributed by atoms with van der Waals surface area (Å²) in [5.74, 6) is 1.65. The number of carbonyl (C=O) groups excluding carboxylic acids is 1. The number of hydrogen-bond donors (Lipinski definition) is 1. The SMILES string of the molecule is CCCCNC(=O)[C@H]1CCCN(c2nc(C)c3ccc(OC)cc3n2)C1. The van der Waals surface area contributed by atoms with Crippen molar-refractivity contribution in [2.45, 2.75) is 39.5 Å². The van der Waals surface area contributed by atoms with Crippen LogP contribution in [0.1, 0.15) is 38.3 Å². The fourth-order valence-electron chi connectivity index (χ4n) is 3.43. The Morgan fingerprint density at radius 2 is 2.23 bits per heavy atom. The van der Waals surface area contributed by atoms with E-state index in [1.165, 1.54) is 0 Å². The Morgan fingerprint density at radius 3 is 3.00 bits per heavy atom. The van der Waals surface area contributed by atoms with Crippen LogP contribution >= 0.6 is 0 Å². The molecule has 0 aliphatic carbocycles. The highest BCUT2D eigenvalue weighted by molar-refractivity contribution is 5.83. The Hall–Kier alpha value is -2.37. The molecule has 6 nitrogen and oxygen atoms in total. The maximum Gasteiger partial charge on any atom is 0.226 e. The lowest BCUT2D eigenvalue weighted by Gasteiger charge is -2.32. The zero-order valence-corrected chi connectivity index (χ0v) is 15.9. The number of unbranched alkanes of at least 4 members (excludes halogenated alkanes) is 1. The molecule has 3 rings (SSSR count). The summed E-state index contributed by atoms with van der Waals surface area (Å²) < 4.78 is 5.32. The summed E-state index contributed by atoms with van der Waals surface area (Å²) in [6.07, 6.45) is 4.01. The number of carbonyl (C=O) groups is 1. The second-order valence-corrected chi connectivity index (χ2v) is 6.92. The van der Waals surface area contributed by atoms with Gasteiger partial charge in [-0.25, -0.2) is 9.97 Å². The van der Waals surface area contributed by atoms with E-state index in [0.717, 1.165) is 61.1 Å². The van der Waals surface area contributed by atoms with Crippen molar-refractivity contribution in [3.05, 3.63) is 23.9 Å². The Kier molecular flexibility index (Phi) is 5.91. The molecule has 2 heterocycles. The summed E-state index contributed by atoms with van der Waals surface area (Å²) in [4.78, 5) is 24.0. The lowest BCUT2D eigenvalue weighted by Crippen LogP contribution is -2.44. The van der Waals surface area contributed by atoms with Gasteiger partial charge in [0.1, 0.15) is 5.75 Å². The third-order valence-corrected chi connectivity index (χ3v) is 4.99. The third kappa shape index (κ3) is 4.06. The Morgan fingerprint density at radius 1 is 1.38 bits per heavy atom. The average molecular weight is 356 g/mol. The van der Waals surface area contributed by atoms with Gasteiger partial charge in [-0.3, -0.25) is 4.79 Å². The smallest absolute Gasteiger partial charge is 0.226 e. The summed E-state index contributed by atoms with van der Waals surface area (Å²) in [5.41, 5.74) is 1.82. The summed E-state index contributed by atoms with van der Waals surface area (Å²) in [5, 5.41) is 4.09. The van der Waals surface area contributed by atoms with Crippen molar-refractivity contribution in [2.75, 3.05) is 31.6 Å². The second kappa shape index (κ2) is 8.34. The quantitative estimate of drug-likeness (QED) is 0.806. The number of fused-ring (bicyclic) bond motifs is 1. The van der Waals surface area contributed by atoms with Gasteiger partial charge >= 0.3 is 0 Å². The molecule has 1 fully saturated rings. The molecule has 0 radical (unpaired) electrons. The zero-order valence-electron chi connectivity index (χ0n) is 15.9. The molecule has 1 aromatic heterocycles. The number of benzene rings is 1. The maximum atomic E-state index is 12.4. The van der Waals surface area contributed by atoms with Crippen molar-refractivity contribution in [1.82, 2.24) is 15.3 Å². The van der Waals surface area contributed by atoms with E-state index in [-0.39, 0.29) is 11.8 Å². The van der Waals surface area contributed by atoms with Crippen LogP contribution in [0.3, 0.4) is 0 Å². The van der Waals surface area contributed by atoms with E-state index in [9.17, 15) is 4.79 Å². The van der Waals surface area contributed by atoms with Crippen LogP contribution in [0, 0.1) is 12.8 Å². The first kappa shape index (κ1) is 18.4. The molecular weight excluding hydrogens is 328 g/mol. The molecule has 1 atom stereocenters. The first-order valence-corrected chi connectivity index (χ1v) is 9.47. The normalized spacial score (nSPS) is 17.3. The Balaban J connectivity index is 1.78. The highest BCUT2D eigenvalue weighted by Crippen LogP contribution is 2.26. The van der Waals surface area contributed by atoms with Crippen LogP contribution in [0.15, 0.2) is 18.2 Å². The van der Waals surface area contributed by atoms with Crippen LogP contribution in [-0.2, 0) is 4.79 Å². The van der Waals surface area contributed by atoms with Crippen LogP contribution in [0.25, 0.3) is 10.9 Å². The predicted octanol–water partition coefficient (Wildman–Crippen LogP) is 3.08. The first-order valence-electron chi connectivity index (χ1n) is 9.47. The molecule has 0 unspecified atom stereocenters. The number of aryl methyl sites for hydroxylation is 1. The van der Waals surface area contributed by atoms with E-state index in [1.807, 2.05) is 25.1 Å². The molecule has 1 aliphatic heterocycles. The molecule has 0 spiro atoms. The molecule has 6 heteroatoms. The van der Waals surface area contributed by atoms with Gasteiger partial charge in [-0.15, -0.1) is 0 Å². The van der Waals surface area contributed by atoms with Gasteiger partial charge in [-0.05, 0) is 38.3 Å². The third-order valence-electron chi connectivity index (χ3n) is 4.99. The highest BCUT2D eigenvalue weighted by atomic mass is 16.5. The van der Waals surface area contributed by atoms with E-state index in [2.05, 4.69) is 17.1 Å². The number of anilines is 1. The van der Waals surface area contributed by atoms with E-state index >= 15 is 0 Å². The van der Waals surface area contributed by atoms with Gasteiger partial charge in [-0.1, -0.05) is 13.3 Å². The number of nitrogens with zero attached hydrogens (tertiary/aromatic N) is 3. The summed E-state index contributed by atoms with van der Waals surface area (Å²) in [7, 11) is 1.66. The number of piperidine rings is 1. The molecular formula is C20H28N4O2. The van der Waals surface area contributed by atoms with Crippen molar-refractivity contribution in [1.29, 1.82) is 0 Å². The van der Waals surface area contributed by atoms with Crippen LogP contribution in [0.2, 0.25) is 0 Å². The lowest BCUT2D eigenvalue weighted by molar-refractivity contribution is -0.125. The standard InChI is InChI=1S/C20H28N4O2/c1-4-5-10-21-19(25)15-7-6-11-24(13-15)20-22-14(2)17-9-8-16(26-3)12-18(17)23-20/h8-9,12,15H,4-7,10-11,13H2,1-3H3,(H,21,25)/t15-/m0/s1. The Labute approximate surface area is 155 Å². The van der Waals surface area contributed by atoms with Crippen LogP contribution in [0.4, 0.5) is 5.95 Å². The molecule has 0 saturated carbocycles. The van der Waals surface area contributed by atoms with E-state index in [4.69, 9.17) is 14.7 Å². The molecule has 26 heavy (non-hydrogen) atoms. The first-order chi connectivity index (χ1) is 12.6. The highest BCUT2D eigenvalue weighted by Gasteiger charge is 2.27. The maximum absolute atomic E-state index is 12.4. The minimum Gasteiger partial charge on any atom is -0.497 e. The summed E-state index contributed by atoms with van der Waals surface area (Å²) in [6, 6.07) is 5.86. The van der Waals surface area contributed by atoms with Gasteiger partial charge in [0, 0.05) is 31.1 Å². The number of methoxy groups -OCH3 is 1. The molecule has 1 N–H and O–H groups in total. The number of hydrogen-bond acceptors (Lipinski definition) is 5. The number of ether oxygens (including phenoxy) is 1. The molecule has 2 aromatic rings. The second-order valence-electron chi connectivity index (χ2n) is 6.92. The van der Waals surface area contributed by atoms with Gasteiger partial charge in [0.25, 0.3) is 0 Å².